The molecular formula is C36H44N12O5. The van der Waals surface area contributed by atoms with Crippen LogP contribution in [0.4, 0.5) is 0 Å². The number of nitrogens with two attached hydrogens (primary N) is 3. The van der Waals surface area contributed by atoms with Gasteiger partial charge in [0.2, 0.25) is 29.5 Å². The van der Waals surface area contributed by atoms with E-state index in [0.717, 1.165) is 32.9 Å². The van der Waals surface area contributed by atoms with Crippen molar-refractivity contribution in [2.45, 2.75) is 63.2 Å². The topological polar surface area (TPSA) is 284 Å². The lowest BCUT2D eigenvalue weighted by atomic mass is 10.0. The van der Waals surface area contributed by atoms with Crippen molar-refractivity contribution in [1.29, 1.82) is 0 Å². The molecule has 0 aliphatic rings. The summed E-state index contributed by atoms with van der Waals surface area (Å²) in [6.45, 7) is 1.45. The molecule has 17 heteroatoms. The quantitative estimate of drug-likeness (QED) is 0.0330. The van der Waals surface area contributed by atoms with Crippen LogP contribution in [0.2, 0.25) is 0 Å². The fourth-order valence-corrected chi connectivity index (χ4v) is 6.13. The molecule has 5 amide bonds. The second kappa shape index (κ2) is 17.5. The summed E-state index contributed by atoms with van der Waals surface area (Å²) in [4.78, 5) is 83.7. The number of H-pyrrole nitrogens is 3. The fraction of sp³-hybridized carbons (Fsp3) is 0.306. The Morgan fingerprint density at radius 1 is 0.698 bits per heavy atom. The third kappa shape index (κ3) is 10.2. The van der Waals surface area contributed by atoms with Gasteiger partial charge in [-0.1, -0.05) is 36.4 Å². The van der Waals surface area contributed by atoms with Gasteiger partial charge < -0.3 is 53.4 Å². The number of amides is 5. The Hall–Kier alpha value is -6.65. The maximum absolute atomic E-state index is 14.2. The molecule has 5 rings (SSSR count). The van der Waals surface area contributed by atoms with E-state index >= 15 is 0 Å². The number of rotatable bonds is 18. The standard InChI is InChI=1S/C36H44N12O5/c1-20(49)45-31(15-23-18-40-19-44-23)35(53)48-30(14-22-17-43-27-10-5-3-8-25(22)27)34(52)46-28(11-6-12-41-36(38)39)33(51)47-29(32(37)50)13-21-16-42-26-9-4-2-7-24(21)26/h2-5,7-10,16-19,28-31,42-43H,6,11-15H2,1H3,(H2,37,50)(H,40,44)(H,45,49)(H,46,52)(H,47,51)(H,48,53)(H4,38,39,41)/t28-,29-,30-,31-/m0/s1. The van der Waals surface area contributed by atoms with E-state index in [1.54, 1.807) is 12.4 Å². The SMILES string of the molecule is CC(=O)N[C@@H](Cc1cnc[nH]1)C(=O)N[C@@H](Cc1c[nH]c2ccccc12)C(=O)N[C@@H](CCCN=C(N)N)C(=O)N[C@@H](Cc1c[nH]c2ccccc12)C(N)=O. The molecular weight excluding hydrogens is 680 g/mol. The lowest BCUT2D eigenvalue weighted by molar-refractivity contribution is -0.134. The van der Waals surface area contributed by atoms with Crippen LogP contribution < -0.4 is 38.5 Å². The summed E-state index contributed by atoms with van der Waals surface area (Å²) in [6.07, 6.45) is 7.05. The summed E-state index contributed by atoms with van der Waals surface area (Å²) >= 11 is 0. The monoisotopic (exact) mass is 724 g/mol. The zero-order chi connectivity index (χ0) is 37.9. The van der Waals surface area contributed by atoms with Crippen molar-refractivity contribution in [3.8, 4) is 0 Å². The zero-order valence-electron chi connectivity index (χ0n) is 29.1. The lowest BCUT2D eigenvalue weighted by Crippen LogP contribution is -2.59. The number of primary amides is 1. The number of nitrogens with one attached hydrogen (secondary N) is 7. The van der Waals surface area contributed by atoms with Crippen molar-refractivity contribution in [2.75, 3.05) is 6.54 Å². The first kappa shape index (κ1) is 37.6. The van der Waals surface area contributed by atoms with E-state index in [9.17, 15) is 24.0 Å². The molecule has 5 aromatic rings. The first-order valence-electron chi connectivity index (χ1n) is 17.1. The molecule has 3 aromatic heterocycles. The minimum absolute atomic E-state index is 0.0330. The van der Waals surface area contributed by atoms with E-state index in [4.69, 9.17) is 17.2 Å². The molecule has 3 heterocycles. The van der Waals surface area contributed by atoms with Gasteiger partial charge in [-0.15, -0.1) is 0 Å². The summed E-state index contributed by atoms with van der Waals surface area (Å²) in [7, 11) is 0. The van der Waals surface area contributed by atoms with E-state index < -0.39 is 53.7 Å². The van der Waals surface area contributed by atoms with E-state index in [0.29, 0.717) is 5.69 Å². The first-order chi connectivity index (χ1) is 25.5. The molecule has 0 aliphatic heterocycles. The summed E-state index contributed by atoms with van der Waals surface area (Å²) in [5.41, 5.74) is 20.5. The predicted octanol–water partition coefficient (Wildman–Crippen LogP) is -0.102. The minimum Gasteiger partial charge on any atom is -0.370 e. The molecule has 0 unspecified atom stereocenters. The van der Waals surface area contributed by atoms with Gasteiger partial charge in [0.05, 0.1) is 6.33 Å². The van der Waals surface area contributed by atoms with Crippen LogP contribution in [0.25, 0.3) is 21.8 Å². The highest BCUT2D eigenvalue weighted by atomic mass is 16.2. The Morgan fingerprint density at radius 2 is 1.23 bits per heavy atom. The van der Waals surface area contributed by atoms with Gasteiger partial charge in [0.1, 0.15) is 24.2 Å². The molecule has 0 aliphatic carbocycles. The molecule has 0 bridgehead atoms. The summed E-state index contributed by atoms with van der Waals surface area (Å²) < 4.78 is 0. The Morgan fingerprint density at radius 3 is 1.77 bits per heavy atom. The maximum Gasteiger partial charge on any atom is 0.243 e. The number of nitrogens with zero attached hydrogens (tertiary/aromatic N) is 2. The highest BCUT2D eigenvalue weighted by Crippen LogP contribution is 2.21. The van der Waals surface area contributed by atoms with E-state index in [2.05, 4.69) is 46.2 Å². The number of hydrogen-bond acceptors (Lipinski definition) is 7. The number of hydrogen-bond donors (Lipinski definition) is 10. The number of carbonyl (C=O) groups is 5. The Labute approximate surface area is 304 Å². The summed E-state index contributed by atoms with van der Waals surface area (Å²) in [5, 5.41) is 12.6. The Balaban J connectivity index is 1.39. The van der Waals surface area contributed by atoms with Crippen molar-refractivity contribution in [1.82, 2.24) is 41.2 Å². The molecule has 0 saturated heterocycles. The van der Waals surface area contributed by atoms with Crippen LogP contribution in [0.3, 0.4) is 0 Å². The number of aromatic nitrogens is 4. The first-order valence-corrected chi connectivity index (χ1v) is 17.1. The number of aliphatic imine (C=N–C) groups is 1. The average molecular weight is 725 g/mol. The van der Waals surface area contributed by atoms with Crippen LogP contribution >= 0.6 is 0 Å². The van der Waals surface area contributed by atoms with Crippen molar-refractivity contribution >= 4 is 57.3 Å². The van der Waals surface area contributed by atoms with Crippen molar-refractivity contribution in [2.24, 2.45) is 22.2 Å². The Kier molecular flexibility index (Phi) is 12.4. The fourth-order valence-electron chi connectivity index (χ4n) is 6.13. The highest BCUT2D eigenvalue weighted by molar-refractivity contribution is 5.96. The number of imidazole rings is 1. The van der Waals surface area contributed by atoms with E-state index in [1.165, 1.54) is 19.4 Å². The summed E-state index contributed by atoms with van der Waals surface area (Å²) in [5.74, 6) is -3.32. The van der Waals surface area contributed by atoms with Crippen molar-refractivity contribution < 1.29 is 24.0 Å². The van der Waals surface area contributed by atoms with Crippen LogP contribution in [-0.4, -0.2) is 86.1 Å². The predicted molar refractivity (Wildman–Crippen MR) is 199 cm³/mol. The number of fused-ring (bicyclic) bond motifs is 2. The smallest absolute Gasteiger partial charge is 0.243 e. The molecule has 0 radical (unpaired) electrons. The molecule has 53 heavy (non-hydrogen) atoms. The van der Waals surface area contributed by atoms with Crippen LogP contribution in [0.15, 0.2) is 78.4 Å². The molecule has 13 N–H and O–H groups in total. The van der Waals surface area contributed by atoms with Crippen molar-refractivity contribution in [3.05, 3.63) is 90.3 Å². The van der Waals surface area contributed by atoms with E-state index in [1.807, 2.05) is 48.5 Å². The molecule has 0 spiro atoms. The third-order valence-corrected chi connectivity index (χ3v) is 8.74. The van der Waals surface area contributed by atoms with Gasteiger partial charge in [-0.2, -0.15) is 0 Å². The van der Waals surface area contributed by atoms with Gasteiger partial charge >= 0.3 is 0 Å². The normalized spacial score (nSPS) is 13.4. The van der Waals surface area contributed by atoms with Gasteiger partial charge in [-0.25, -0.2) is 4.98 Å². The number of aromatic amines is 3. The van der Waals surface area contributed by atoms with Crippen LogP contribution in [0, 0.1) is 0 Å². The lowest BCUT2D eigenvalue weighted by Gasteiger charge is -2.26. The van der Waals surface area contributed by atoms with Crippen molar-refractivity contribution in [3.63, 3.8) is 0 Å². The number of carbonyl (C=O) groups excluding carboxylic acids is 5. The molecule has 0 saturated carbocycles. The third-order valence-electron chi connectivity index (χ3n) is 8.74. The molecule has 278 valence electrons. The molecule has 2 aromatic carbocycles. The second-order valence-electron chi connectivity index (χ2n) is 12.7. The highest BCUT2D eigenvalue weighted by Gasteiger charge is 2.32. The zero-order valence-corrected chi connectivity index (χ0v) is 29.1. The molecule has 4 atom stereocenters. The van der Waals surface area contributed by atoms with Crippen LogP contribution in [0.5, 0.6) is 0 Å². The minimum atomic E-state index is -1.20. The summed E-state index contributed by atoms with van der Waals surface area (Å²) in [6, 6.07) is 10.5. The Bertz CT molecular complexity index is 2080. The second-order valence-corrected chi connectivity index (χ2v) is 12.7. The number of benzene rings is 2. The number of para-hydroxylation sites is 2. The van der Waals surface area contributed by atoms with Gasteiger partial charge in [0.25, 0.3) is 0 Å². The van der Waals surface area contributed by atoms with Gasteiger partial charge in [0, 0.05) is 78.8 Å². The molecule has 0 fully saturated rings. The molecule has 17 nitrogen and oxygen atoms in total. The van der Waals surface area contributed by atoms with Gasteiger partial charge in [-0.05, 0) is 36.1 Å². The largest absolute Gasteiger partial charge is 0.370 e. The van der Waals surface area contributed by atoms with Gasteiger partial charge in [0.15, 0.2) is 5.96 Å². The van der Waals surface area contributed by atoms with Crippen LogP contribution in [-0.2, 0) is 43.2 Å². The van der Waals surface area contributed by atoms with Crippen LogP contribution in [0.1, 0.15) is 36.6 Å². The number of guanidine groups is 1. The maximum atomic E-state index is 14.2. The average Bonchev–Trinajstić information content (AvgIpc) is 3.89. The van der Waals surface area contributed by atoms with E-state index in [-0.39, 0.29) is 44.6 Å². The van der Waals surface area contributed by atoms with Gasteiger partial charge in [-0.3, -0.25) is 29.0 Å².